The Hall–Kier alpha value is -2.04. The minimum Gasteiger partial charge on any atom is -0.459 e. The maximum absolute atomic E-state index is 13.2. The van der Waals surface area contributed by atoms with E-state index < -0.39 is 96.5 Å². The second kappa shape index (κ2) is 18.3. The number of aliphatic hydroxyl groups excluding tert-OH is 2. The monoisotopic (exact) mass is 684 g/mol. The molecule has 3 rings (SSSR count). The lowest BCUT2D eigenvalue weighted by molar-refractivity contribution is -0.304. The largest absolute Gasteiger partial charge is 0.459 e. The first kappa shape index (κ1) is 40.4. The van der Waals surface area contributed by atoms with E-state index in [1.165, 1.54) is 46.5 Å². The smallest absolute Gasteiger partial charge is 0.330 e. The van der Waals surface area contributed by atoms with Crippen LogP contribution in [-0.2, 0) is 47.5 Å². The lowest BCUT2D eigenvalue weighted by atomic mass is 9.82. The zero-order valence-electron chi connectivity index (χ0n) is 29.6. The molecule has 48 heavy (non-hydrogen) atoms. The fourth-order valence-corrected chi connectivity index (χ4v) is 6.50. The Morgan fingerprint density at radius 2 is 1.52 bits per heavy atom. The number of cyclic esters (lactones) is 1. The molecule has 0 radical (unpaired) electrons. The van der Waals surface area contributed by atoms with E-state index in [1.807, 2.05) is 20.8 Å². The van der Waals surface area contributed by atoms with Crippen LogP contribution in [0.3, 0.4) is 0 Å². The average Bonchev–Trinajstić information content (AvgIpc) is 3.03. The molecule has 0 amide bonds. The van der Waals surface area contributed by atoms with Crippen LogP contribution >= 0.6 is 0 Å². The van der Waals surface area contributed by atoms with Crippen LogP contribution in [-0.4, -0.2) is 128 Å². The summed E-state index contributed by atoms with van der Waals surface area (Å²) in [6.07, 6.45) is 1.67. The van der Waals surface area contributed by atoms with Crippen molar-refractivity contribution in [1.29, 1.82) is 0 Å². The normalized spacial score (nSPS) is 45.7. The SMILES string of the molecule is CO[C@@H]1[C@H](O)[C@@H](C)O[C@@H](OC[C@H]2/C=C/C=C/C(=O)[C@@](C)(O)C[C@H](C)[C@H](O[C@@H]3O[C@H](C)C[C@H](OC)[C@H]3O)[C@@H](C)/C=C/C(=O)O[C@@H]2C)[C@@H]1OC. The maximum Gasteiger partial charge on any atom is 0.330 e. The van der Waals surface area contributed by atoms with Crippen molar-refractivity contribution in [2.24, 2.45) is 17.8 Å². The molecule has 0 aromatic carbocycles. The molecule has 3 aliphatic rings. The van der Waals surface area contributed by atoms with Crippen molar-refractivity contribution in [2.45, 2.75) is 128 Å². The van der Waals surface area contributed by atoms with Crippen LogP contribution in [0.2, 0.25) is 0 Å². The molecule has 0 bridgehead atoms. The highest BCUT2D eigenvalue weighted by atomic mass is 16.7. The number of ketones is 1. The summed E-state index contributed by atoms with van der Waals surface area (Å²) in [4.78, 5) is 26.2. The maximum atomic E-state index is 13.2. The van der Waals surface area contributed by atoms with Crippen LogP contribution in [0.4, 0.5) is 0 Å². The second-order valence-electron chi connectivity index (χ2n) is 13.4. The van der Waals surface area contributed by atoms with Crippen molar-refractivity contribution in [1.82, 2.24) is 0 Å². The highest BCUT2D eigenvalue weighted by molar-refractivity contribution is 5.96. The van der Waals surface area contributed by atoms with Crippen molar-refractivity contribution in [3.05, 3.63) is 36.5 Å². The second-order valence-corrected chi connectivity index (χ2v) is 13.4. The molecule has 15 atom stereocenters. The first-order valence-electron chi connectivity index (χ1n) is 16.7. The first-order chi connectivity index (χ1) is 22.6. The fraction of sp³-hybridized carbons (Fsp3) is 0.771. The van der Waals surface area contributed by atoms with Gasteiger partial charge in [0.05, 0.1) is 31.0 Å². The number of esters is 1. The molecule has 2 saturated heterocycles. The fourth-order valence-electron chi connectivity index (χ4n) is 6.50. The summed E-state index contributed by atoms with van der Waals surface area (Å²) >= 11 is 0. The lowest BCUT2D eigenvalue weighted by Gasteiger charge is -2.42. The van der Waals surface area contributed by atoms with Crippen molar-refractivity contribution in [3.8, 4) is 0 Å². The number of hydrogen-bond acceptors (Lipinski definition) is 13. The van der Waals surface area contributed by atoms with Gasteiger partial charge in [-0.25, -0.2) is 4.79 Å². The van der Waals surface area contributed by atoms with E-state index in [-0.39, 0.29) is 19.1 Å². The first-order valence-corrected chi connectivity index (χ1v) is 16.7. The Morgan fingerprint density at radius 3 is 2.17 bits per heavy atom. The van der Waals surface area contributed by atoms with E-state index in [0.717, 1.165) is 0 Å². The van der Waals surface area contributed by atoms with Crippen LogP contribution in [0.5, 0.6) is 0 Å². The molecule has 0 aromatic heterocycles. The van der Waals surface area contributed by atoms with E-state index in [1.54, 1.807) is 32.1 Å². The molecule has 3 N–H and O–H groups in total. The van der Waals surface area contributed by atoms with E-state index >= 15 is 0 Å². The van der Waals surface area contributed by atoms with Crippen LogP contribution < -0.4 is 0 Å². The average molecular weight is 685 g/mol. The molecule has 13 nitrogen and oxygen atoms in total. The van der Waals surface area contributed by atoms with E-state index in [0.29, 0.717) is 6.42 Å². The summed E-state index contributed by atoms with van der Waals surface area (Å²) in [7, 11) is 4.46. The predicted octanol–water partition coefficient (Wildman–Crippen LogP) is 2.25. The highest BCUT2D eigenvalue weighted by Gasteiger charge is 2.45. The summed E-state index contributed by atoms with van der Waals surface area (Å²) in [6.45, 7) is 10.4. The van der Waals surface area contributed by atoms with E-state index in [2.05, 4.69) is 0 Å². The van der Waals surface area contributed by atoms with Crippen LogP contribution in [0.1, 0.15) is 54.4 Å². The van der Waals surface area contributed by atoms with Crippen molar-refractivity contribution >= 4 is 11.8 Å². The van der Waals surface area contributed by atoms with Crippen molar-refractivity contribution < 1.29 is 62.8 Å². The number of carbonyl (C=O) groups is 2. The van der Waals surface area contributed by atoms with Gasteiger partial charge in [-0.05, 0) is 46.1 Å². The van der Waals surface area contributed by atoms with Gasteiger partial charge in [0.2, 0.25) is 0 Å². The van der Waals surface area contributed by atoms with Gasteiger partial charge in [0.25, 0.3) is 0 Å². The quantitative estimate of drug-likeness (QED) is 0.319. The molecule has 274 valence electrons. The zero-order chi connectivity index (χ0) is 35.8. The van der Waals surface area contributed by atoms with Gasteiger partial charge in [0.15, 0.2) is 18.4 Å². The summed E-state index contributed by atoms with van der Waals surface area (Å²) in [5.41, 5.74) is -1.73. The van der Waals surface area contributed by atoms with Gasteiger partial charge in [-0.1, -0.05) is 38.2 Å². The Labute approximate surface area is 284 Å². The van der Waals surface area contributed by atoms with Crippen LogP contribution in [0.25, 0.3) is 0 Å². The minimum absolute atomic E-state index is 0.0321. The Morgan fingerprint density at radius 1 is 0.833 bits per heavy atom. The molecule has 0 unspecified atom stereocenters. The van der Waals surface area contributed by atoms with Gasteiger partial charge >= 0.3 is 5.97 Å². The number of allylic oxidation sites excluding steroid dienone is 2. The van der Waals surface area contributed by atoms with Gasteiger partial charge in [0.1, 0.15) is 36.1 Å². The van der Waals surface area contributed by atoms with Gasteiger partial charge in [-0.3, -0.25) is 4.79 Å². The summed E-state index contributed by atoms with van der Waals surface area (Å²) in [6, 6.07) is 0. The summed E-state index contributed by atoms with van der Waals surface area (Å²) < 4.78 is 46.5. The van der Waals surface area contributed by atoms with Crippen molar-refractivity contribution in [3.63, 3.8) is 0 Å². The predicted molar refractivity (Wildman–Crippen MR) is 174 cm³/mol. The highest BCUT2D eigenvalue weighted by Crippen LogP contribution is 2.32. The minimum atomic E-state index is -1.73. The van der Waals surface area contributed by atoms with E-state index in [4.69, 9.17) is 37.9 Å². The molecular weight excluding hydrogens is 628 g/mol. The molecular formula is C35H56O13. The summed E-state index contributed by atoms with van der Waals surface area (Å²) in [5, 5.41) is 32.6. The number of aliphatic hydroxyl groups is 3. The Kier molecular flexibility index (Phi) is 15.4. The lowest BCUT2D eigenvalue weighted by Crippen LogP contribution is -2.59. The molecule has 3 aliphatic heterocycles. The van der Waals surface area contributed by atoms with Crippen LogP contribution in [0, 0.1) is 17.8 Å². The molecule has 13 heteroatoms. The molecule has 0 aromatic rings. The number of carbonyl (C=O) groups excluding carboxylic acids is 2. The van der Waals surface area contributed by atoms with Crippen molar-refractivity contribution in [2.75, 3.05) is 27.9 Å². The number of hydrogen-bond donors (Lipinski definition) is 3. The third-order valence-electron chi connectivity index (χ3n) is 9.43. The van der Waals surface area contributed by atoms with E-state index in [9.17, 15) is 24.9 Å². The number of ether oxygens (including phenoxy) is 8. The van der Waals surface area contributed by atoms with Gasteiger partial charge < -0.3 is 53.2 Å². The van der Waals surface area contributed by atoms with Crippen LogP contribution in [0.15, 0.2) is 36.5 Å². The zero-order valence-corrected chi connectivity index (χ0v) is 29.6. The standard InChI is InChI=1S/C35H56O13/c1-19-14-15-27(37)46-22(4)24(18-44-34-32(43-9)31(42-8)28(38)23(5)47-34)12-10-11-13-26(36)35(6,40)17-20(2)30(19)48-33-29(39)25(41-7)16-21(3)45-33/h10-15,19-25,28-34,38-40H,16-18H2,1-9H3/b12-10+,13-11+,15-14+/t19-,20-,21+,22+,23+,24+,25-,28+,29+,30+,31+,32+,33-,34+,35-/m0/s1. The topological polar surface area (TPSA) is 169 Å². The molecule has 0 aliphatic carbocycles. The summed E-state index contributed by atoms with van der Waals surface area (Å²) in [5.74, 6) is -2.42. The molecule has 2 fully saturated rings. The molecule has 0 spiro atoms. The third-order valence-corrected chi connectivity index (χ3v) is 9.43. The molecule has 3 heterocycles. The van der Waals surface area contributed by atoms with Gasteiger partial charge in [-0.15, -0.1) is 0 Å². The Balaban J connectivity index is 1.85. The van der Waals surface area contributed by atoms with Gasteiger partial charge in [0, 0.05) is 45.7 Å². The third kappa shape index (κ3) is 10.5. The number of methoxy groups -OCH3 is 3. The van der Waals surface area contributed by atoms with Gasteiger partial charge in [-0.2, -0.15) is 0 Å². The number of rotatable bonds is 8. The molecule has 0 saturated carbocycles. The Bertz CT molecular complexity index is 1120.